The van der Waals surface area contributed by atoms with E-state index in [0.29, 0.717) is 12.3 Å². The van der Waals surface area contributed by atoms with Crippen LogP contribution in [0.15, 0.2) is 60.7 Å². The van der Waals surface area contributed by atoms with Crippen molar-refractivity contribution in [1.82, 2.24) is 0 Å². The van der Waals surface area contributed by atoms with Gasteiger partial charge in [0.1, 0.15) is 6.29 Å². The predicted molar refractivity (Wildman–Crippen MR) is 113 cm³/mol. The van der Waals surface area contributed by atoms with E-state index in [0.717, 1.165) is 25.7 Å². The lowest BCUT2D eigenvalue weighted by molar-refractivity contribution is -0.108. The SMILES string of the molecule is CC(CC=O)CCCO[Si](c1ccccc1)(c1ccccc1)C(C)(C)C. The maximum absolute atomic E-state index is 10.7. The number of rotatable bonds is 9. The summed E-state index contributed by atoms with van der Waals surface area (Å²) < 4.78 is 6.85. The molecule has 0 saturated carbocycles. The minimum Gasteiger partial charge on any atom is -0.407 e. The maximum Gasteiger partial charge on any atom is 0.261 e. The van der Waals surface area contributed by atoms with Crippen molar-refractivity contribution in [1.29, 1.82) is 0 Å². The van der Waals surface area contributed by atoms with Gasteiger partial charge in [-0.2, -0.15) is 0 Å². The topological polar surface area (TPSA) is 26.3 Å². The molecule has 2 nitrogen and oxygen atoms in total. The molecule has 0 saturated heterocycles. The summed E-state index contributed by atoms with van der Waals surface area (Å²) in [5.74, 6) is 0.426. The molecule has 0 fully saturated rings. The maximum atomic E-state index is 10.7. The van der Waals surface area contributed by atoms with Crippen molar-refractivity contribution in [2.45, 2.75) is 52.0 Å². The molecule has 0 heterocycles. The van der Waals surface area contributed by atoms with Gasteiger partial charge < -0.3 is 9.22 Å². The van der Waals surface area contributed by atoms with Crippen molar-refractivity contribution >= 4 is 25.0 Å². The first-order valence-corrected chi connectivity index (χ1v) is 11.5. The van der Waals surface area contributed by atoms with Gasteiger partial charge in [0.25, 0.3) is 8.32 Å². The lowest BCUT2D eigenvalue weighted by Crippen LogP contribution is -2.66. The zero-order valence-corrected chi connectivity index (χ0v) is 17.6. The van der Waals surface area contributed by atoms with Gasteiger partial charge in [-0.3, -0.25) is 0 Å². The lowest BCUT2D eigenvalue weighted by atomic mass is 10.0. The highest BCUT2D eigenvalue weighted by Gasteiger charge is 2.49. The van der Waals surface area contributed by atoms with E-state index in [1.807, 2.05) is 0 Å². The van der Waals surface area contributed by atoms with Crippen molar-refractivity contribution < 1.29 is 9.22 Å². The molecule has 0 bridgehead atoms. The number of hydrogen-bond acceptors (Lipinski definition) is 2. The molecule has 2 rings (SSSR count). The van der Waals surface area contributed by atoms with Gasteiger partial charge in [-0.25, -0.2) is 0 Å². The summed E-state index contributed by atoms with van der Waals surface area (Å²) >= 11 is 0. The number of carbonyl (C=O) groups excluding carboxylic acids is 1. The van der Waals surface area contributed by atoms with E-state index in [-0.39, 0.29) is 5.04 Å². The Balaban J connectivity index is 2.33. The van der Waals surface area contributed by atoms with Crippen LogP contribution in [0.4, 0.5) is 0 Å². The fraction of sp³-hybridized carbons (Fsp3) is 0.435. The van der Waals surface area contributed by atoms with Crippen LogP contribution in [-0.2, 0) is 9.22 Å². The van der Waals surface area contributed by atoms with Crippen LogP contribution in [0.2, 0.25) is 5.04 Å². The van der Waals surface area contributed by atoms with Crippen molar-refractivity contribution in [3.63, 3.8) is 0 Å². The number of aldehydes is 1. The number of hydrogen-bond donors (Lipinski definition) is 0. The van der Waals surface area contributed by atoms with Crippen molar-refractivity contribution in [2.24, 2.45) is 5.92 Å². The van der Waals surface area contributed by atoms with E-state index in [1.54, 1.807) is 0 Å². The molecule has 0 aliphatic rings. The van der Waals surface area contributed by atoms with Crippen LogP contribution < -0.4 is 10.4 Å². The highest BCUT2D eigenvalue weighted by atomic mass is 28.4. The van der Waals surface area contributed by atoms with Crippen LogP contribution in [0.25, 0.3) is 0 Å². The van der Waals surface area contributed by atoms with Gasteiger partial charge in [-0.15, -0.1) is 0 Å². The minimum atomic E-state index is -2.41. The van der Waals surface area contributed by atoms with Crippen molar-refractivity contribution in [3.05, 3.63) is 60.7 Å². The summed E-state index contributed by atoms with van der Waals surface area (Å²) in [6, 6.07) is 21.5. The largest absolute Gasteiger partial charge is 0.407 e. The van der Waals surface area contributed by atoms with Gasteiger partial charge in [-0.1, -0.05) is 88.4 Å². The fourth-order valence-electron chi connectivity index (χ4n) is 3.70. The van der Waals surface area contributed by atoms with E-state index < -0.39 is 8.32 Å². The highest BCUT2D eigenvalue weighted by Crippen LogP contribution is 2.36. The second kappa shape index (κ2) is 9.29. The molecule has 0 amide bonds. The molecule has 26 heavy (non-hydrogen) atoms. The molecule has 0 aliphatic carbocycles. The summed E-state index contributed by atoms with van der Waals surface area (Å²) in [7, 11) is -2.41. The number of benzene rings is 2. The summed E-state index contributed by atoms with van der Waals surface area (Å²) in [6.07, 6.45) is 3.67. The Hall–Kier alpha value is -1.71. The molecule has 0 spiro atoms. The van der Waals surface area contributed by atoms with Crippen LogP contribution in [-0.4, -0.2) is 21.2 Å². The summed E-state index contributed by atoms with van der Waals surface area (Å²) in [6.45, 7) is 9.77. The molecule has 1 unspecified atom stereocenters. The van der Waals surface area contributed by atoms with E-state index in [2.05, 4.69) is 88.4 Å². The van der Waals surface area contributed by atoms with Crippen LogP contribution in [0, 0.1) is 5.92 Å². The monoisotopic (exact) mass is 368 g/mol. The van der Waals surface area contributed by atoms with Crippen LogP contribution in [0.3, 0.4) is 0 Å². The van der Waals surface area contributed by atoms with Gasteiger partial charge in [-0.05, 0) is 34.2 Å². The van der Waals surface area contributed by atoms with Gasteiger partial charge in [0.05, 0.1) is 0 Å². The van der Waals surface area contributed by atoms with Crippen LogP contribution >= 0.6 is 0 Å². The quantitative estimate of drug-likeness (QED) is 0.368. The first-order valence-electron chi connectivity index (χ1n) is 9.60. The fourth-order valence-corrected chi connectivity index (χ4v) is 8.31. The Morgan fingerprint density at radius 1 is 0.962 bits per heavy atom. The van der Waals surface area contributed by atoms with Gasteiger partial charge in [0.15, 0.2) is 0 Å². The Labute approximate surface area is 159 Å². The van der Waals surface area contributed by atoms with E-state index in [9.17, 15) is 4.79 Å². The first-order chi connectivity index (χ1) is 12.4. The normalized spacial score (nSPS) is 13.4. The summed E-state index contributed by atoms with van der Waals surface area (Å²) in [5, 5.41) is 2.66. The third-order valence-electron chi connectivity index (χ3n) is 5.08. The molecule has 0 aliphatic heterocycles. The zero-order chi connectivity index (χ0) is 19.0. The van der Waals surface area contributed by atoms with Crippen molar-refractivity contribution in [2.75, 3.05) is 6.61 Å². The summed E-state index contributed by atoms with van der Waals surface area (Å²) in [4.78, 5) is 10.7. The molecule has 3 heteroatoms. The minimum absolute atomic E-state index is 0.0180. The highest BCUT2D eigenvalue weighted by molar-refractivity contribution is 6.99. The molecular formula is C23H32O2Si. The Morgan fingerprint density at radius 2 is 1.46 bits per heavy atom. The third-order valence-corrected chi connectivity index (χ3v) is 10.1. The van der Waals surface area contributed by atoms with Crippen LogP contribution in [0.1, 0.15) is 47.0 Å². The molecule has 0 aromatic heterocycles. The van der Waals surface area contributed by atoms with E-state index in [4.69, 9.17) is 4.43 Å². The van der Waals surface area contributed by atoms with E-state index >= 15 is 0 Å². The third kappa shape index (κ3) is 4.71. The second-order valence-corrected chi connectivity index (χ2v) is 12.5. The Morgan fingerprint density at radius 3 is 1.88 bits per heavy atom. The lowest BCUT2D eigenvalue weighted by Gasteiger charge is -2.43. The molecule has 2 aromatic rings. The number of carbonyl (C=O) groups is 1. The second-order valence-electron chi connectivity index (χ2n) is 8.16. The molecule has 0 N–H and O–H groups in total. The smallest absolute Gasteiger partial charge is 0.261 e. The van der Waals surface area contributed by atoms with Gasteiger partial charge >= 0.3 is 0 Å². The summed E-state index contributed by atoms with van der Waals surface area (Å²) in [5.41, 5.74) is 0. The molecule has 0 radical (unpaired) electrons. The van der Waals surface area contributed by atoms with Gasteiger partial charge in [0, 0.05) is 13.0 Å². The Kier molecular flexibility index (Phi) is 7.36. The van der Waals surface area contributed by atoms with Crippen LogP contribution in [0.5, 0.6) is 0 Å². The predicted octanol–water partition coefficient (Wildman–Crippen LogP) is 4.57. The van der Waals surface area contributed by atoms with E-state index in [1.165, 1.54) is 10.4 Å². The first kappa shape index (κ1) is 20.6. The van der Waals surface area contributed by atoms with Gasteiger partial charge in [0.2, 0.25) is 0 Å². The molecular weight excluding hydrogens is 336 g/mol. The standard InChI is InChI=1S/C23H32O2Si/c1-20(17-18-24)12-11-19-25-26(23(2,3)4,21-13-7-5-8-14-21)22-15-9-6-10-16-22/h5-10,13-16,18,20H,11-12,17,19H2,1-4H3. The zero-order valence-electron chi connectivity index (χ0n) is 16.6. The molecule has 140 valence electrons. The van der Waals surface area contributed by atoms with Crippen molar-refractivity contribution in [3.8, 4) is 0 Å². The Bertz CT molecular complexity index is 622. The molecule has 1 atom stereocenters. The molecule has 2 aromatic carbocycles. The average Bonchev–Trinajstić information content (AvgIpc) is 2.62. The average molecular weight is 369 g/mol.